The van der Waals surface area contributed by atoms with E-state index < -0.39 is 0 Å². The number of halogens is 1. The molecular formula is C13H17ClO2. The summed E-state index contributed by atoms with van der Waals surface area (Å²) in [7, 11) is 0. The maximum atomic E-state index is 11.2. The van der Waals surface area contributed by atoms with Gasteiger partial charge in [-0.15, -0.1) is 11.6 Å². The highest BCUT2D eigenvalue weighted by atomic mass is 35.5. The van der Waals surface area contributed by atoms with Crippen LogP contribution in [-0.4, -0.2) is 18.0 Å². The van der Waals surface area contributed by atoms with E-state index in [9.17, 15) is 4.79 Å². The van der Waals surface area contributed by atoms with Crippen molar-refractivity contribution in [3.05, 3.63) is 11.6 Å². The number of fused-ring (bicyclic) bond motifs is 1. The Balaban J connectivity index is 1.71. The standard InChI is InChI=1S/C13H17ClO2/c14-8-12(15)16-11-2-1-9-3-4-13(5-6-13)7-10(9)11/h3,10-11H,1-2,4-8H2. The quantitative estimate of drug-likeness (QED) is 0.421. The fourth-order valence-corrected chi connectivity index (χ4v) is 3.34. The van der Waals surface area contributed by atoms with Crippen LogP contribution in [0.1, 0.15) is 38.5 Å². The predicted molar refractivity (Wildman–Crippen MR) is 62.3 cm³/mol. The number of rotatable bonds is 2. The van der Waals surface area contributed by atoms with Crippen LogP contribution in [0.3, 0.4) is 0 Å². The molecule has 0 bridgehead atoms. The molecule has 0 N–H and O–H groups in total. The van der Waals surface area contributed by atoms with Crippen LogP contribution in [0.5, 0.6) is 0 Å². The van der Waals surface area contributed by atoms with Crippen LogP contribution in [0.4, 0.5) is 0 Å². The van der Waals surface area contributed by atoms with E-state index in [1.165, 1.54) is 31.3 Å². The van der Waals surface area contributed by atoms with Crippen molar-refractivity contribution in [2.24, 2.45) is 11.3 Å². The average Bonchev–Trinajstić information content (AvgIpc) is 2.93. The second-order valence-electron chi connectivity index (χ2n) is 5.49. The predicted octanol–water partition coefficient (Wildman–Crippen LogP) is 3.05. The minimum Gasteiger partial charge on any atom is -0.461 e. The summed E-state index contributed by atoms with van der Waals surface area (Å²) in [6.45, 7) is 0. The lowest BCUT2D eigenvalue weighted by Crippen LogP contribution is -2.27. The third-order valence-electron chi connectivity index (χ3n) is 4.44. The van der Waals surface area contributed by atoms with Crippen LogP contribution < -0.4 is 0 Å². The molecule has 0 saturated heterocycles. The first-order chi connectivity index (χ1) is 7.72. The molecule has 0 amide bonds. The first-order valence-corrected chi connectivity index (χ1v) is 6.70. The van der Waals surface area contributed by atoms with Gasteiger partial charge in [-0.25, -0.2) is 0 Å². The molecule has 2 fully saturated rings. The summed E-state index contributed by atoms with van der Waals surface area (Å²) in [6.07, 6.45) is 9.85. The number of carbonyl (C=O) groups is 1. The van der Waals surface area contributed by atoms with E-state index in [-0.39, 0.29) is 18.0 Å². The Hall–Kier alpha value is -0.500. The molecule has 0 aromatic heterocycles. The molecule has 2 atom stereocenters. The van der Waals surface area contributed by atoms with E-state index in [0.717, 1.165) is 12.8 Å². The minimum atomic E-state index is -0.261. The number of hydrogen-bond acceptors (Lipinski definition) is 2. The second kappa shape index (κ2) is 3.76. The van der Waals surface area contributed by atoms with Gasteiger partial charge in [-0.1, -0.05) is 11.6 Å². The maximum absolute atomic E-state index is 11.2. The Kier molecular flexibility index (Phi) is 2.50. The van der Waals surface area contributed by atoms with Gasteiger partial charge in [0.2, 0.25) is 0 Å². The van der Waals surface area contributed by atoms with E-state index in [1.807, 2.05) is 0 Å². The van der Waals surface area contributed by atoms with Crippen molar-refractivity contribution >= 4 is 17.6 Å². The zero-order valence-electron chi connectivity index (χ0n) is 9.38. The van der Waals surface area contributed by atoms with Gasteiger partial charge in [0, 0.05) is 5.92 Å². The summed E-state index contributed by atoms with van der Waals surface area (Å²) in [5, 5.41) is 0. The molecular weight excluding hydrogens is 224 g/mol. The molecule has 16 heavy (non-hydrogen) atoms. The monoisotopic (exact) mass is 240 g/mol. The summed E-state index contributed by atoms with van der Waals surface area (Å²) in [5.74, 6) is 0.222. The van der Waals surface area contributed by atoms with Gasteiger partial charge >= 0.3 is 5.97 Å². The van der Waals surface area contributed by atoms with Crippen molar-refractivity contribution in [3.8, 4) is 0 Å². The zero-order valence-corrected chi connectivity index (χ0v) is 10.1. The second-order valence-corrected chi connectivity index (χ2v) is 5.76. The lowest BCUT2D eigenvalue weighted by atomic mass is 9.79. The smallest absolute Gasteiger partial charge is 0.321 e. The largest absolute Gasteiger partial charge is 0.461 e. The van der Waals surface area contributed by atoms with Crippen LogP contribution in [0.15, 0.2) is 11.6 Å². The molecule has 3 rings (SSSR count). The number of hydrogen-bond donors (Lipinski definition) is 0. The molecule has 3 aliphatic rings. The van der Waals surface area contributed by atoms with Crippen LogP contribution in [0.25, 0.3) is 0 Å². The summed E-state index contributed by atoms with van der Waals surface area (Å²) in [6, 6.07) is 0. The fourth-order valence-electron chi connectivity index (χ4n) is 3.27. The normalized spacial score (nSPS) is 34.4. The Morgan fingerprint density at radius 1 is 1.56 bits per heavy atom. The van der Waals surface area contributed by atoms with Crippen LogP contribution >= 0.6 is 11.6 Å². The van der Waals surface area contributed by atoms with E-state index in [2.05, 4.69) is 6.08 Å². The number of allylic oxidation sites excluding steroid dienone is 1. The van der Waals surface area contributed by atoms with Crippen molar-refractivity contribution in [2.75, 3.05) is 5.88 Å². The molecule has 2 nitrogen and oxygen atoms in total. The Bertz CT molecular complexity index is 344. The van der Waals surface area contributed by atoms with Crippen LogP contribution in [-0.2, 0) is 9.53 Å². The summed E-state index contributed by atoms with van der Waals surface area (Å²) in [5.41, 5.74) is 2.12. The zero-order chi connectivity index (χ0) is 11.2. The first-order valence-electron chi connectivity index (χ1n) is 6.17. The summed E-state index contributed by atoms with van der Waals surface area (Å²) in [4.78, 5) is 11.2. The lowest BCUT2D eigenvalue weighted by molar-refractivity contribution is -0.147. The summed E-state index contributed by atoms with van der Waals surface area (Å²) >= 11 is 5.48. The molecule has 88 valence electrons. The number of alkyl halides is 1. The highest BCUT2D eigenvalue weighted by Crippen LogP contribution is 2.59. The van der Waals surface area contributed by atoms with E-state index in [0.29, 0.717) is 11.3 Å². The molecule has 0 heterocycles. The Morgan fingerprint density at radius 2 is 2.38 bits per heavy atom. The van der Waals surface area contributed by atoms with Crippen molar-refractivity contribution in [1.29, 1.82) is 0 Å². The maximum Gasteiger partial charge on any atom is 0.321 e. The van der Waals surface area contributed by atoms with Crippen molar-refractivity contribution in [1.82, 2.24) is 0 Å². The van der Waals surface area contributed by atoms with Crippen LogP contribution in [0, 0.1) is 11.3 Å². The van der Waals surface area contributed by atoms with Gasteiger partial charge in [0.15, 0.2) is 0 Å². The third kappa shape index (κ3) is 1.77. The molecule has 1 spiro atoms. The number of ether oxygens (including phenoxy) is 1. The molecule has 2 unspecified atom stereocenters. The minimum absolute atomic E-state index is 0.0204. The van der Waals surface area contributed by atoms with Gasteiger partial charge in [0.05, 0.1) is 0 Å². The topological polar surface area (TPSA) is 26.3 Å². The summed E-state index contributed by atoms with van der Waals surface area (Å²) < 4.78 is 5.44. The van der Waals surface area contributed by atoms with Gasteiger partial charge in [-0.3, -0.25) is 4.79 Å². The molecule has 2 saturated carbocycles. The molecule has 3 heteroatoms. The highest BCUT2D eigenvalue weighted by Gasteiger charge is 2.49. The van der Waals surface area contributed by atoms with Gasteiger partial charge in [-0.2, -0.15) is 0 Å². The molecule has 0 radical (unpaired) electrons. The van der Waals surface area contributed by atoms with Crippen molar-refractivity contribution in [2.45, 2.75) is 44.6 Å². The van der Waals surface area contributed by atoms with Gasteiger partial charge in [-0.05, 0) is 43.9 Å². The van der Waals surface area contributed by atoms with Gasteiger partial charge in [0.1, 0.15) is 12.0 Å². The van der Waals surface area contributed by atoms with E-state index >= 15 is 0 Å². The lowest BCUT2D eigenvalue weighted by Gasteiger charge is -2.29. The van der Waals surface area contributed by atoms with Crippen molar-refractivity contribution < 1.29 is 9.53 Å². The van der Waals surface area contributed by atoms with Crippen LogP contribution in [0.2, 0.25) is 0 Å². The van der Waals surface area contributed by atoms with Crippen molar-refractivity contribution in [3.63, 3.8) is 0 Å². The Morgan fingerprint density at radius 3 is 3.06 bits per heavy atom. The first kappa shape index (κ1) is 10.6. The SMILES string of the molecule is O=C(CCl)OC1CCC2=CCC3(CC3)CC21. The average molecular weight is 241 g/mol. The third-order valence-corrected chi connectivity index (χ3v) is 4.66. The Labute approximate surface area is 101 Å². The molecule has 3 aliphatic carbocycles. The highest BCUT2D eigenvalue weighted by molar-refractivity contribution is 6.26. The molecule has 0 aliphatic heterocycles. The number of carbonyl (C=O) groups excluding carboxylic acids is 1. The van der Waals surface area contributed by atoms with E-state index in [1.54, 1.807) is 0 Å². The molecule has 0 aromatic rings. The van der Waals surface area contributed by atoms with E-state index in [4.69, 9.17) is 16.3 Å². The fraction of sp³-hybridized carbons (Fsp3) is 0.769. The van der Waals surface area contributed by atoms with Gasteiger partial charge < -0.3 is 4.74 Å². The number of esters is 1. The molecule has 0 aromatic carbocycles. The van der Waals surface area contributed by atoms with Gasteiger partial charge in [0.25, 0.3) is 0 Å².